The fourth-order valence-corrected chi connectivity index (χ4v) is 2.41. The third kappa shape index (κ3) is 3.84. The zero-order valence-corrected chi connectivity index (χ0v) is 10.4. The maximum atomic E-state index is 12.0. The summed E-state index contributed by atoms with van der Waals surface area (Å²) >= 11 is 0. The Morgan fingerprint density at radius 1 is 1.27 bits per heavy atom. The van der Waals surface area contributed by atoms with Gasteiger partial charge in [0.2, 0.25) is 5.91 Å². The van der Waals surface area contributed by atoms with Crippen molar-refractivity contribution >= 4 is 5.91 Å². The van der Waals surface area contributed by atoms with E-state index in [1.807, 2.05) is 0 Å². The van der Waals surface area contributed by atoms with Crippen LogP contribution in [-0.2, 0) is 4.79 Å². The second-order valence-electron chi connectivity index (χ2n) is 5.10. The fraction of sp³-hybridized carbons (Fsp3) is 0.923. The fourth-order valence-electron chi connectivity index (χ4n) is 2.41. The predicted octanol–water partition coefficient (Wildman–Crippen LogP) is 3.12. The Bertz CT molecular complexity index is 195. The summed E-state index contributed by atoms with van der Waals surface area (Å²) in [6.07, 6.45) is 7.01. The van der Waals surface area contributed by atoms with Crippen molar-refractivity contribution < 1.29 is 4.79 Å². The van der Waals surface area contributed by atoms with Crippen LogP contribution in [0.2, 0.25) is 0 Å². The molecule has 0 aromatic heterocycles. The summed E-state index contributed by atoms with van der Waals surface area (Å²) in [7, 11) is 0. The van der Waals surface area contributed by atoms with E-state index in [0.29, 0.717) is 23.8 Å². The smallest absolute Gasteiger partial charge is 0.223 e. The van der Waals surface area contributed by atoms with Gasteiger partial charge in [-0.15, -0.1) is 0 Å². The van der Waals surface area contributed by atoms with Gasteiger partial charge in [-0.25, -0.2) is 0 Å². The lowest BCUT2D eigenvalue weighted by molar-refractivity contribution is -0.127. The van der Waals surface area contributed by atoms with E-state index >= 15 is 0 Å². The Balaban J connectivity index is 2.38. The van der Waals surface area contributed by atoms with Crippen LogP contribution in [0.3, 0.4) is 0 Å². The molecule has 0 aliphatic heterocycles. The van der Waals surface area contributed by atoms with Gasteiger partial charge in [0.05, 0.1) is 0 Å². The van der Waals surface area contributed by atoms with Crippen LogP contribution in [0.4, 0.5) is 0 Å². The van der Waals surface area contributed by atoms with E-state index in [4.69, 9.17) is 0 Å². The molecule has 88 valence electrons. The molecule has 0 radical (unpaired) electrons. The number of hydrogen-bond donors (Lipinski definition) is 1. The minimum Gasteiger partial charge on any atom is -0.353 e. The van der Waals surface area contributed by atoms with Crippen LogP contribution in [0.1, 0.15) is 59.3 Å². The topological polar surface area (TPSA) is 29.1 Å². The largest absolute Gasteiger partial charge is 0.353 e. The summed E-state index contributed by atoms with van der Waals surface area (Å²) in [4.78, 5) is 12.0. The summed E-state index contributed by atoms with van der Waals surface area (Å²) in [5, 5.41) is 3.20. The lowest BCUT2D eigenvalue weighted by Gasteiger charge is -2.26. The van der Waals surface area contributed by atoms with Gasteiger partial charge in [-0.1, -0.05) is 40.0 Å². The van der Waals surface area contributed by atoms with Crippen molar-refractivity contribution in [1.29, 1.82) is 0 Å². The third-order valence-corrected chi connectivity index (χ3v) is 3.55. The Morgan fingerprint density at radius 2 is 1.87 bits per heavy atom. The van der Waals surface area contributed by atoms with Gasteiger partial charge in [-0.2, -0.15) is 0 Å². The highest BCUT2D eigenvalue weighted by molar-refractivity contribution is 5.79. The van der Waals surface area contributed by atoms with Gasteiger partial charge in [0.15, 0.2) is 0 Å². The molecule has 1 aliphatic carbocycles. The average molecular weight is 211 g/mol. The van der Waals surface area contributed by atoms with Crippen molar-refractivity contribution in [1.82, 2.24) is 5.32 Å². The molecule has 1 N–H and O–H groups in total. The first-order valence-corrected chi connectivity index (χ1v) is 6.45. The Hall–Kier alpha value is -0.530. The van der Waals surface area contributed by atoms with Crippen molar-refractivity contribution in [3.8, 4) is 0 Å². The molecule has 2 heteroatoms. The molecule has 2 nitrogen and oxygen atoms in total. The van der Waals surface area contributed by atoms with Crippen molar-refractivity contribution in [3.63, 3.8) is 0 Å². The van der Waals surface area contributed by atoms with Crippen molar-refractivity contribution in [2.45, 2.75) is 65.3 Å². The van der Waals surface area contributed by atoms with E-state index in [1.54, 1.807) is 0 Å². The van der Waals surface area contributed by atoms with Crippen LogP contribution >= 0.6 is 0 Å². The highest BCUT2D eigenvalue weighted by Crippen LogP contribution is 2.24. The summed E-state index contributed by atoms with van der Waals surface area (Å²) in [6, 6.07) is 0.361. The summed E-state index contributed by atoms with van der Waals surface area (Å²) in [6.45, 7) is 6.50. The van der Waals surface area contributed by atoms with Crippen LogP contribution < -0.4 is 5.32 Å². The lowest BCUT2D eigenvalue weighted by Crippen LogP contribution is -2.41. The number of carbonyl (C=O) groups excluding carboxylic acids is 1. The van der Waals surface area contributed by atoms with E-state index in [2.05, 4.69) is 26.1 Å². The minimum atomic E-state index is 0.298. The van der Waals surface area contributed by atoms with Gasteiger partial charge in [-0.05, 0) is 25.2 Å². The van der Waals surface area contributed by atoms with Gasteiger partial charge < -0.3 is 5.32 Å². The second-order valence-corrected chi connectivity index (χ2v) is 5.10. The first kappa shape index (κ1) is 12.5. The molecule has 0 bridgehead atoms. The van der Waals surface area contributed by atoms with E-state index in [9.17, 15) is 4.79 Å². The molecule has 1 atom stereocenters. The van der Waals surface area contributed by atoms with Crippen LogP contribution in [0.25, 0.3) is 0 Å². The van der Waals surface area contributed by atoms with Gasteiger partial charge >= 0.3 is 0 Å². The molecule has 0 aromatic rings. The van der Waals surface area contributed by atoms with E-state index in [0.717, 1.165) is 19.3 Å². The average Bonchev–Trinajstić information content (AvgIpc) is 2.26. The van der Waals surface area contributed by atoms with Gasteiger partial charge in [0.25, 0.3) is 0 Å². The third-order valence-electron chi connectivity index (χ3n) is 3.55. The molecular weight excluding hydrogens is 186 g/mol. The molecule has 15 heavy (non-hydrogen) atoms. The second kappa shape index (κ2) is 6.14. The summed E-state index contributed by atoms with van der Waals surface area (Å²) in [5.74, 6) is 1.14. The molecule has 0 heterocycles. The van der Waals surface area contributed by atoms with Crippen LogP contribution in [0.5, 0.6) is 0 Å². The molecule has 1 rings (SSSR count). The van der Waals surface area contributed by atoms with Crippen molar-refractivity contribution in [2.75, 3.05) is 0 Å². The van der Waals surface area contributed by atoms with E-state index < -0.39 is 0 Å². The highest BCUT2D eigenvalue weighted by Gasteiger charge is 2.23. The standard InChI is InChI=1S/C13H25NO/c1-4-12(10(2)3)14-13(15)11-8-6-5-7-9-11/h10-12H,4-9H2,1-3H3,(H,14,15). The monoisotopic (exact) mass is 211 g/mol. The summed E-state index contributed by atoms with van der Waals surface area (Å²) < 4.78 is 0. The zero-order chi connectivity index (χ0) is 11.3. The normalized spacial score (nSPS) is 20.3. The molecular formula is C13H25NO. The lowest BCUT2D eigenvalue weighted by atomic mass is 9.88. The quantitative estimate of drug-likeness (QED) is 0.760. The van der Waals surface area contributed by atoms with Gasteiger partial charge in [-0.3, -0.25) is 4.79 Å². The summed E-state index contributed by atoms with van der Waals surface area (Å²) in [5.41, 5.74) is 0. The minimum absolute atomic E-state index is 0.298. The molecule has 0 aromatic carbocycles. The maximum Gasteiger partial charge on any atom is 0.223 e. The SMILES string of the molecule is CCC(NC(=O)C1CCCCC1)C(C)C. The number of amides is 1. The predicted molar refractivity (Wildman–Crippen MR) is 63.6 cm³/mol. The van der Waals surface area contributed by atoms with Crippen LogP contribution in [0, 0.1) is 11.8 Å². The molecule has 1 fully saturated rings. The van der Waals surface area contributed by atoms with Crippen LogP contribution in [-0.4, -0.2) is 11.9 Å². The molecule has 1 saturated carbocycles. The Kier molecular flexibility index (Phi) is 5.13. The first-order chi connectivity index (χ1) is 7.15. The Labute approximate surface area is 93.8 Å². The number of rotatable bonds is 4. The number of nitrogens with one attached hydrogen (secondary N) is 1. The Morgan fingerprint density at radius 3 is 2.33 bits per heavy atom. The molecule has 1 unspecified atom stereocenters. The van der Waals surface area contributed by atoms with Crippen molar-refractivity contribution in [2.24, 2.45) is 11.8 Å². The molecule has 0 saturated heterocycles. The van der Waals surface area contributed by atoms with Gasteiger partial charge in [0, 0.05) is 12.0 Å². The van der Waals surface area contributed by atoms with Crippen LogP contribution in [0.15, 0.2) is 0 Å². The first-order valence-electron chi connectivity index (χ1n) is 6.45. The van der Waals surface area contributed by atoms with E-state index in [1.165, 1.54) is 19.3 Å². The number of hydrogen-bond acceptors (Lipinski definition) is 1. The van der Waals surface area contributed by atoms with Crippen molar-refractivity contribution in [3.05, 3.63) is 0 Å². The zero-order valence-electron chi connectivity index (χ0n) is 10.4. The molecule has 1 amide bonds. The van der Waals surface area contributed by atoms with Gasteiger partial charge in [0.1, 0.15) is 0 Å². The highest BCUT2D eigenvalue weighted by atomic mass is 16.1. The molecule has 0 spiro atoms. The van der Waals surface area contributed by atoms with E-state index in [-0.39, 0.29) is 0 Å². The molecule has 1 aliphatic rings. The number of carbonyl (C=O) groups is 1. The maximum absolute atomic E-state index is 12.0.